The predicted octanol–water partition coefficient (Wildman–Crippen LogP) is 4.17. The lowest BCUT2D eigenvalue weighted by Gasteiger charge is -2.10. The molecule has 1 atom stereocenters. The van der Waals surface area contributed by atoms with Crippen molar-refractivity contribution in [3.05, 3.63) is 58.1 Å². The molecular formula is C16H17Cl3N2O2. The first-order valence-corrected chi connectivity index (χ1v) is 7.47. The van der Waals surface area contributed by atoms with Gasteiger partial charge in [-0.2, -0.15) is 0 Å². The fourth-order valence-electron chi connectivity index (χ4n) is 1.72. The Morgan fingerprint density at radius 2 is 1.87 bits per heavy atom. The van der Waals surface area contributed by atoms with E-state index in [-0.39, 0.29) is 18.3 Å². The van der Waals surface area contributed by atoms with Crippen LogP contribution in [0.1, 0.15) is 12.5 Å². The minimum Gasteiger partial charge on any atom is -0.456 e. The number of nitrogens with two attached hydrogens (primary N) is 1. The second-order valence-corrected chi connectivity index (χ2v) is 5.59. The van der Waals surface area contributed by atoms with Crippen LogP contribution in [0.25, 0.3) is 0 Å². The Hall–Kier alpha value is -1.46. The van der Waals surface area contributed by atoms with Gasteiger partial charge >= 0.3 is 0 Å². The molecule has 3 N–H and O–H groups in total. The van der Waals surface area contributed by atoms with E-state index in [1.807, 2.05) is 12.1 Å². The maximum Gasteiger partial charge on any atom is 0.236 e. The highest BCUT2D eigenvalue weighted by Gasteiger charge is 2.08. The van der Waals surface area contributed by atoms with E-state index in [0.717, 1.165) is 5.56 Å². The second-order valence-electron chi connectivity index (χ2n) is 4.80. The van der Waals surface area contributed by atoms with Gasteiger partial charge in [0.25, 0.3) is 0 Å². The van der Waals surface area contributed by atoms with Crippen LogP contribution in [0.4, 0.5) is 0 Å². The zero-order valence-corrected chi connectivity index (χ0v) is 14.7. The summed E-state index contributed by atoms with van der Waals surface area (Å²) in [6, 6.07) is 12.0. The van der Waals surface area contributed by atoms with Crippen LogP contribution >= 0.6 is 35.6 Å². The molecule has 0 aliphatic heterocycles. The van der Waals surface area contributed by atoms with Crippen molar-refractivity contribution in [2.75, 3.05) is 0 Å². The molecule has 23 heavy (non-hydrogen) atoms. The highest BCUT2D eigenvalue weighted by molar-refractivity contribution is 6.42. The molecule has 0 bridgehead atoms. The molecule has 1 amide bonds. The van der Waals surface area contributed by atoms with Gasteiger partial charge in [0.1, 0.15) is 16.5 Å². The van der Waals surface area contributed by atoms with Crippen LogP contribution in [-0.4, -0.2) is 11.9 Å². The standard InChI is InChI=1S/C16H16Cl2N2O2.ClH/c1-10(19)16(21)20-9-11-5-7-12(8-6-11)22-14-4-2-3-13(17)15(14)18;/h2-8,10H,9,19H2,1H3,(H,20,21);1H/t10-;/m0./s1. The number of benzene rings is 2. The van der Waals surface area contributed by atoms with Gasteiger partial charge in [-0.05, 0) is 36.8 Å². The molecule has 0 saturated carbocycles. The SMILES string of the molecule is C[C@H](N)C(=O)NCc1ccc(Oc2cccc(Cl)c2Cl)cc1.Cl. The first kappa shape index (κ1) is 19.6. The number of carbonyl (C=O) groups is 1. The van der Waals surface area contributed by atoms with E-state index >= 15 is 0 Å². The number of halogens is 3. The van der Waals surface area contributed by atoms with Crippen LogP contribution in [0.3, 0.4) is 0 Å². The summed E-state index contributed by atoms with van der Waals surface area (Å²) in [5, 5.41) is 3.55. The number of hydrogen-bond acceptors (Lipinski definition) is 3. The van der Waals surface area contributed by atoms with Crippen molar-refractivity contribution < 1.29 is 9.53 Å². The van der Waals surface area contributed by atoms with Crippen molar-refractivity contribution in [1.29, 1.82) is 0 Å². The summed E-state index contributed by atoms with van der Waals surface area (Å²) in [5.41, 5.74) is 6.42. The fraction of sp³-hybridized carbons (Fsp3) is 0.188. The van der Waals surface area contributed by atoms with Gasteiger partial charge in [-0.3, -0.25) is 4.79 Å². The summed E-state index contributed by atoms with van der Waals surface area (Å²) in [6.45, 7) is 2.06. The molecule has 2 aromatic carbocycles. The molecular weight excluding hydrogens is 359 g/mol. The number of hydrogen-bond donors (Lipinski definition) is 2. The van der Waals surface area contributed by atoms with Crippen LogP contribution in [0.5, 0.6) is 11.5 Å². The lowest BCUT2D eigenvalue weighted by atomic mass is 10.2. The lowest BCUT2D eigenvalue weighted by Crippen LogP contribution is -2.37. The van der Waals surface area contributed by atoms with Crippen molar-refractivity contribution in [2.45, 2.75) is 19.5 Å². The molecule has 0 fully saturated rings. The first-order chi connectivity index (χ1) is 10.5. The number of nitrogens with one attached hydrogen (secondary N) is 1. The highest BCUT2D eigenvalue weighted by Crippen LogP contribution is 2.34. The second kappa shape index (κ2) is 8.99. The molecule has 0 spiro atoms. The summed E-state index contributed by atoms with van der Waals surface area (Å²) in [4.78, 5) is 11.4. The number of rotatable bonds is 5. The van der Waals surface area contributed by atoms with Gasteiger partial charge in [0.2, 0.25) is 5.91 Å². The Labute approximate surface area is 151 Å². The molecule has 0 aromatic heterocycles. The Bertz CT molecular complexity index is 661. The van der Waals surface area contributed by atoms with Crippen molar-refractivity contribution in [1.82, 2.24) is 5.32 Å². The molecule has 0 aliphatic carbocycles. The quantitative estimate of drug-likeness (QED) is 0.824. The van der Waals surface area contributed by atoms with E-state index in [1.54, 1.807) is 37.3 Å². The van der Waals surface area contributed by atoms with Crippen LogP contribution in [0, 0.1) is 0 Å². The van der Waals surface area contributed by atoms with Crippen LogP contribution < -0.4 is 15.8 Å². The molecule has 0 unspecified atom stereocenters. The van der Waals surface area contributed by atoms with E-state index in [9.17, 15) is 4.79 Å². The maximum atomic E-state index is 11.4. The summed E-state index contributed by atoms with van der Waals surface area (Å²) in [5.74, 6) is 0.935. The Morgan fingerprint density at radius 1 is 1.22 bits per heavy atom. The molecule has 0 aliphatic rings. The monoisotopic (exact) mass is 374 g/mol. The third-order valence-corrected chi connectivity index (χ3v) is 3.75. The van der Waals surface area contributed by atoms with E-state index in [4.69, 9.17) is 33.7 Å². The molecule has 0 saturated heterocycles. The Morgan fingerprint density at radius 3 is 2.48 bits per heavy atom. The number of amides is 1. The number of ether oxygens (including phenoxy) is 1. The third kappa shape index (κ3) is 5.59. The normalized spacial score (nSPS) is 11.3. The zero-order valence-electron chi connectivity index (χ0n) is 12.4. The Balaban J connectivity index is 0.00000264. The summed E-state index contributed by atoms with van der Waals surface area (Å²) in [7, 11) is 0. The molecule has 2 aromatic rings. The van der Waals surface area contributed by atoms with Gasteiger partial charge < -0.3 is 15.8 Å². The molecule has 7 heteroatoms. The van der Waals surface area contributed by atoms with Gasteiger partial charge in [-0.15, -0.1) is 12.4 Å². The number of carbonyl (C=O) groups excluding carboxylic acids is 1. The van der Waals surface area contributed by atoms with E-state index in [2.05, 4.69) is 5.32 Å². The lowest BCUT2D eigenvalue weighted by molar-refractivity contribution is -0.122. The highest BCUT2D eigenvalue weighted by atomic mass is 35.5. The van der Waals surface area contributed by atoms with Gasteiger partial charge in [0.05, 0.1) is 11.1 Å². The van der Waals surface area contributed by atoms with Crippen molar-refractivity contribution in [2.24, 2.45) is 5.73 Å². The summed E-state index contributed by atoms with van der Waals surface area (Å²) >= 11 is 12.0. The summed E-state index contributed by atoms with van der Waals surface area (Å²) < 4.78 is 5.69. The van der Waals surface area contributed by atoms with Crippen molar-refractivity contribution in [3.8, 4) is 11.5 Å². The average molecular weight is 376 g/mol. The van der Waals surface area contributed by atoms with E-state index in [0.29, 0.717) is 28.1 Å². The Kier molecular flexibility index (Phi) is 7.65. The van der Waals surface area contributed by atoms with Crippen LogP contribution in [0.2, 0.25) is 10.0 Å². The van der Waals surface area contributed by atoms with Crippen molar-refractivity contribution >= 4 is 41.5 Å². The topological polar surface area (TPSA) is 64.4 Å². The fourth-order valence-corrected chi connectivity index (χ4v) is 2.05. The minimum absolute atomic E-state index is 0. The van der Waals surface area contributed by atoms with Crippen LogP contribution in [0.15, 0.2) is 42.5 Å². The van der Waals surface area contributed by atoms with E-state index < -0.39 is 6.04 Å². The van der Waals surface area contributed by atoms with Gasteiger partial charge in [-0.25, -0.2) is 0 Å². The molecule has 124 valence electrons. The molecule has 0 heterocycles. The smallest absolute Gasteiger partial charge is 0.236 e. The van der Waals surface area contributed by atoms with Crippen LogP contribution in [-0.2, 0) is 11.3 Å². The molecule has 4 nitrogen and oxygen atoms in total. The van der Waals surface area contributed by atoms with E-state index in [1.165, 1.54) is 0 Å². The van der Waals surface area contributed by atoms with Gasteiger partial charge in [-0.1, -0.05) is 41.4 Å². The van der Waals surface area contributed by atoms with Gasteiger partial charge in [0.15, 0.2) is 0 Å². The van der Waals surface area contributed by atoms with Crippen molar-refractivity contribution in [3.63, 3.8) is 0 Å². The van der Waals surface area contributed by atoms with Gasteiger partial charge in [0, 0.05) is 6.54 Å². The largest absolute Gasteiger partial charge is 0.456 e. The zero-order chi connectivity index (χ0) is 16.1. The first-order valence-electron chi connectivity index (χ1n) is 6.71. The molecule has 0 radical (unpaired) electrons. The average Bonchev–Trinajstić information content (AvgIpc) is 2.50. The third-order valence-electron chi connectivity index (χ3n) is 2.95. The predicted molar refractivity (Wildman–Crippen MR) is 95.7 cm³/mol. The minimum atomic E-state index is -0.521. The maximum absolute atomic E-state index is 11.4. The summed E-state index contributed by atoms with van der Waals surface area (Å²) in [6.07, 6.45) is 0. The molecule has 2 rings (SSSR count).